The smallest absolute Gasteiger partial charge is 0.212 e. The van der Waals surface area contributed by atoms with Gasteiger partial charge < -0.3 is 0 Å². The molecule has 1 saturated heterocycles. The molecule has 0 aromatic carbocycles. The van der Waals surface area contributed by atoms with Crippen LogP contribution in [0.1, 0.15) is 30.2 Å². The first-order valence-electron chi connectivity index (χ1n) is 5.74. The summed E-state index contributed by atoms with van der Waals surface area (Å²) in [7, 11) is -3.14. The van der Waals surface area contributed by atoms with Crippen molar-refractivity contribution in [2.45, 2.75) is 25.3 Å². The molecule has 6 heteroatoms. The van der Waals surface area contributed by atoms with Crippen molar-refractivity contribution < 1.29 is 8.42 Å². The van der Waals surface area contributed by atoms with Crippen LogP contribution in [0.3, 0.4) is 0 Å². The molecule has 3 nitrogen and oxygen atoms in total. The van der Waals surface area contributed by atoms with Crippen molar-refractivity contribution in [3.05, 3.63) is 22.4 Å². The number of hydrogen-bond acceptors (Lipinski definition) is 3. The second kappa shape index (κ2) is 5.69. The lowest BCUT2D eigenvalue weighted by atomic mass is 10.2. The molecule has 0 aliphatic carbocycles. The van der Waals surface area contributed by atoms with E-state index in [2.05, 4.69) is 0 Å². The summed E-state index contributed by atoms with van der Waals surface area (Å²) >= 11 is 7.20. The topological polar surface area (TPSA) is 37.4 Å². The molecular formula is C11H16ClNO2S2. The van der Waals surface area contributed by atoms with Gasteiger partial charge in [0.1, 0.15) is 0 Å². The van der Waals surface area contributed by atoms with E-state index in [0.717, 1.165) is 17.7 Å². The van der Waals surface area contributed by atoms with Crippen molar-refractivity contribution in [2.24, 2.45) is 0 Å². The molecular weight excluding hydrogens is 278 g/mol. The van der Waals surface area contributed by atoms with Crippen LogP contribution >= 0.6 is 22.9 Å². The molecule has 17 heavy (non-hydrogen) atoms. The van der Waals surface area contributed by atoms with E-state index in [1.807, 2.05) is 17.5 Å². The summed E-state index contributed by atoms with van der Waals surface area (Å²) in [4.78, 5) is 1.15. The van der Waals surface area contributed by atoms with Crippen LogP contribution in [0.2, 0.25) is 0 Å². The molecule has 0 amide bonds. The Labute approximate surface area is 111 Å². The standard InChI is InChI=1S/C11H16ClNO2S2/c12-6-3-9-17(14,15)13-7-1-4-10(13)11-5-2-8-16-11/h2,5,8,10H,1,3-4,6-7,9H2. The van der Waals surface area contributed by atoms with Gasteiger partial charge in [0.25, 0.3) is 0 Å². The van der Waals surface area contributed by atoms with E-state index in [1.165, 1.54) is 0 Å². The third kappa shape index (κ3) is 3.02. The maximum Gasteiger partial charge on any atom is 0.214 e. The van der Waals surface area contributed by atoms with Crippen LogP contribution in [-0.4, -0.2) is 30.9 Å². The zero-order chi connectivity index (χ0) is 12.3. The summed E-state index contributed by atoms with van der Waals surface area (Å²) in [6, 6.07) is 4.04. The maximum absolute atomic E-state index is 12.2. The average Bonchev–Trinajstić information content (AvgIpc) is 2.95. The molecule has 1 aromatic heterocycles. The Morgan fingerprint density at radius 1 is 1.53 bits per heavy atom. The maximum atomic E-state index is 12.2. The van der Waals surface area contributed by atoms with Crippen LogP contribution in [0, 0.1) is 0 Å². The van der Waals surface area contributed by atoms with E-state index in [1.54, 1.807) is 15.6 Å². The first-order valence-corrected chi connectivity index (χ1v) is 8.76. The van der Waals surface area contributed by atoms with Gasteiger partial charge in [0, 0.05) is 17.3 Å². The van der Waals surface area contributed by atoms with Crippen LogP contribution in [-0.2, 0) is 10.0 Å². The molecule has 0 bridgehead atoms. The van der Waals surface area contributed by atoms with Gasteiger partial charge >= 0.3 is 0 Å². The van der Waals surface area contributed by atoms with Gasteiger partial charge in [-0.05, 0) is 30.7 Å². The molecule has 1 unspecified atom stereocenters. The largest absolute Gasteiger partial charge is 0.214 e. The van der Waals surface area contributed by atoms with Crippen LogP contribution in [0.5, 0.6) is 0 Å². The van der Waals surface area contributed by atoms with Gasteiger partial charge in [-0.15, -0.1) is 22.9 Å². The highest BCUT2D eigenvalue weighted by Crippen LogP contribution is 2.36. The summed E-state index contributed by atoms with van der Waals surface area (Å²) in [5, 5.41) is 2.00. The van der Waals surface area contributed by atoms with Gasteiger partial charge in [-0.3, -0.25) is 0 Å². The SMILES string of the molecule is O=S(=O)(CCCCl)N1CCCC1c1cccs1. The minimum Gasteiger partial charge on any atom is -0.212 e. The first-order chi connectivity index (χ1) is 8.15. The average molecular weight is 294 g/mol. The highest BCUT2D eigenvalue weighted by atomic mass is 35.5. The molecule has 1 aliphatic rings. The second-order valence-corrected chi connectivity index (χ2v) is 7.54. The van der Waals surface area contributed by atoms with Crippen LogP contribution in [0.4, 0.5) is 0 Å². The highest BCUT2D eigenvalue weighted by molar-refractivity contribution is 7.89. The lowest BCUT2D eigenvalue weighted by molar-refractivity contribution is 0.400. The Hall–Kier alpha value is -0.100. The fourth-order valence-corrected chi connectivity index (χ4v) is 5.18. The van der Waals surface area contributed by atoms with Gasteiger partial charge in [0.15, 0.2) is 0 Å². The summed E-state index contributed by atoms with van der Waals surface area (Å²) in [5.74, 6) is 0.565. The third-order valence-electron chi connectivity index (χ3n) is 2.97. The van der Waals surface area contributed by atoms with E-state index >= 15 is 0 Å². The van der Waals surface area contributed by atoms with E-state index in [4.69, 9.17) is 11.6 Å². The predicted molar refractivity (Wildman–Crippen MR) is 72.1 cm³/mol. The minimum atomic E-state index is -3.14. The summed E-state index contributed by atoms with van der Waals surface area (Å²) in [5.41, 5.74) is 0. The van der Waals surface area contributed by atoms with Gasteiger partial charge in [-0.25, -0.2) is 8.42 Å². The Morgan fingerprint density at radius 3 is 3.00 bits per heavy atom. The first kappa shape index (κ1) is 13.3. The lowest BCUT2D eigenvalue weighted by Gasteiger charge is -2.23. The monoisotopic (exact) mass is 293 g/mol. The van der Waals surface area contributed by atoms with Crippen LogP contribution < -0.4 is 0 Å². The minimum absolute atomic E-state index is 0.0512. The number of rotatable bonds is 5. The van der Waals surface area contributed by atoms with Crippen molar-refractivity contribution >= 4 is 33.0 Å². The van der Waals surface area contributed by atoms with Crippen LogP contribution in [0.25, 0.3) is 0 Å². The molecule has 0 spiro atoms. The van der Waals surface area contributed by atoms with Crippen molar-refractivity contribution in [3.63, 3.8) is 0 Å². The normalized spacial score (nSPS) is 22.1. The molecule has 2 heterocycles. The molecule has 0 saturated carbocycles. The van der Waals surface area contributed by atoms with Crippen molar-refractivity contribution in [3.8, 4) is 0 Å². The quantitative estimate of drug-likeness (QED) is 0.783. The summed E-state index contributed by atoms with van der Waals surface area (Å²) in [6.45, 7) is 0.646. The Kier molecular flexibility index (Phi) is 4.47. The molecule has 0 radical (unpaired) electrons. The number of sulfonamides is 1. The number of alkyl halides is 1. The van der Waals surface area contributed by atoms with E-state index in [-0.39, 0.29) is 11.8 Å². The van der Waals surface area contributed by atoms with Crippen LogP contribution in [0.15, 0.2) is 17.5 Å². The van der Waals surface area contributed by atoms with E-state index in [9.17, 15) is 8.42 Å². The molecule has 1 fully saturated rings. The number of hydrogen-bond donors (Lipinski definition) is 0. The summed E-state index contributed by atoms with van der Waals surface area (Å²) in [6.07, 6.45) is 2.40. The second-order valence-electron chi connectivity index (χ2n) is 4.14. The molecule has 1 atom stereocenters. The molecule has 1 aromatic rings. The van der Waals surface area contributed by atoms with Gasteiger partial charge in [-0.1, -0.05) is 6.07 Å². The lowest BCUT2D eigenvalue weighted by Crippen LogP contribution is -2.32. The van der Waals surface area contributed by atoms with E-state index < -0.39 is 10.0 Å². The van der Waals surface area contributed by atoms with Gasteiger partial charge in [0.2, 0.25) is 10.0 Å². The fourth-order valence-electron chi connectivity index (χ4n) is 2.19. The van der Waals surface area contributed by atoms with Crippen molar-refractivity contribution in [2.75, 3.05) is 18.2 Å². The molecule has 96 valence electrons. The predicted octanol–water partition coefficient (Wildman–Crippen LogP) is 2.84. The number of thiophene rings is 1. The fraction of sp³-hybridized carbons (Fsp3) is 0.636. The third-order valence-corrected chi connectivity index (χ3v) is 6.17. The highest BCUT2D eigenvalue weighted by Gasteiger charge is 2.34. The van der Waals surface area contributed by atoms with Crippen molar-refractivity contribution in [1.82, 2.24) is 4.31 Å². The molecule has 1 aliphatic heterocycles. The Morgan fingerprint density at radius 2 is 2.35 bits per heavy atom. The van der Waals surface area contributed by atoms with Gasteiger partial charge in [0.05, 0.1) is 11.8 Å². The molecule has 2 rings (SSSR count). The Bertz CT molecular complexity index is 444. The number of nitrogens with zero attached hydrogens (tertiary/aromatic N) is 1. The zero-order valence-corrected chi connectivity index (χ0v) is 11.9. The van der Waals surface area contributed by atoms with E-state index in [0.29, 0.717) is 18.8 Å². The summed E-state index contributed by atoms with van der Waals surface area (Å²) < 4.78 is 26.0. The van der Waals surface area contributed by atoms with Crippen molar-refractivity contribution in [1.29, 1.82) is 0 Å². The zero-order valence-electron chi connectivity index (χ0n) is 9.51. The Balaban J connectivity index is 2.14. The number of halogens is 1. The van der Waals surface area contributed by atoms with Gasteiger partial charge in [-0.2, -0.15) is 4.31 Å². The molecule has 0 N–H and O–H groups in total.